The zero-order chi connectivity index (χ0) is 25.1. The van der Waals surface area contributed by atoms with Crippen molar-refractivity contribution >= 4 is 18.0 Å². The Balaban J connectivity index is 1.44. The van der Waals surface area contributed by atoms with Gasteiger partial charge in [0.1, 0.15) is 12.1 Å². The molecule has 186 valence electrons. The SMILES string of the molecule is CCC(C)(CNC(=O)C1(NC(=O)OCC2c3ccccc3-c3ccccc32)CCOCC1)C(=O)O. The van der Waals surface area contributed by atoms with Crippen LogP contribution in [0.5, 0.6) is 0 Å². The van der Waals surface area contributed by atoms with Gasteiger partial charge in [-0.1, -0.05) is 55.5 Å². The van der Waals surface area contributed by atoms with E-state index in [1.54, 1.807) is 13.8 Å². The number of benzene rings is 2. The van der Waals surface area contributed by atoms with Crippen molar-refractivity contribution in [2.75, 3.05) is 26.4 Å². The molecule has 1 heterocycles. The molecule has 1 atom stereocenters. The summed E-state index contributed by atoms with van der Waals surface area (Å²) in [7, 11) is 0. The van der Waals surface area contributed by atoms with Gasteiger partial charge in [0, 0.05) is 38.5 Å². The number of rotatable bonds is 8. The Bertz CT molecular complexity index is 1060. The molecule has 0 bridgehead atoms. The Hall–Kier alpha value is -3.39. The molecule has 3 N–H and O–H groups in total. The third-order valence-electron chi connectivity index (χ3n) is 7.40. The van der Waals surface area contributed by atoms with Crippen LogP contribution in [-0.4, -0.2) is 55.0 Å². The van der Waals surface area contributed by atoms with Crippen LogP contribution in [0.4, 0.5) is 4.79 Å². The number of carboxylic acid groups (broad SMARTS) is 1. The Morgan fingerprint density at radius 1 is 1.06 bits per heavy atom. The number of hydrogen-bond acceptors (Lipinski definition) is 5. The van der Waals surface area contributed by atoms with Crippen LogP contribution in [-0.2, 0) is 19.1 Å². The minimum atomic E-state index is -1.21. The monoisotopic (exact) mass is 480 g/mol. The zero-order valence-corrected chi connectivity index (χ0v) is 20.1. The maximum absolute atomic E-state index is 13.2. The summed E-state index contributed by atoms with van der Waals surface area (Å²) in [4.78, 5) is 37.7. The Kier molecular flexibility index (Phi) is 7.12. The van der Waals surface area contributed by atoms with Gasteiger partial charge in [-0.15, -0.1) is 0 Å². The summed E-state index contributed by atoms with van der Waals surface area (Å²) in [5.41, 5.74) is 2.17. The van der Waals surface area contributed by atoms with Gasteiger partial charge in [-0.3, -0.25) is 9.59 Å². The highest BCUT2D eigenvalue weighted by atomic mass is 16.5. The number of carbonyl (C=O) groups is 3. The first-order valence-electron chi connectivity index (χ1n) is 12.0. The van der Waals surface area contributed by atoms with Crippen molar-refractivity contribution in [1.29, 1.82) is 0 Å². The first-order valence-corrected chi connectivity index (χ1v) is 12.0. The van der Waals surface area contributed by atoms with Gasteiger partial charge < -0.3 is 25.2 Å². The molecule has 2 aliphatic rings. The second kappa shape index (κ2) is 10.1. The molecule has 1 aliphatic carbocycles. The van der Waals surface area contributed by atoms with E-state index in [0.717, 1.165) is 22.3 Å². The Morgan fingerprint density at radius 3 is 2.17 bits per heavy atom. The normalized spacial score (nSPS) is 18.0. The van der Waals surface area contributed by atoms with E-state index in [1.807, 2.05) is 36.4 Å². The van der Waals surface area contributed by atoms with E-state index >= 15 is 0 Å². The Morgan fingerprint density at radius 2 is 1.63 bits per heavy atom. The molecular formula is C27H32N2O6. The fourth-order valence-corrected chi connectivity index (χ4v) is 4.75. The van der Waals surface area contributed by atoms with Crippen molar-refractivity contribution in [1.82, 2.24) is 10.6 Å². The van der Waals surface area contributed by atoms with Crippen LogP contribution in [0.25, 0.3) is 11.1 Å². The summed E-state index contributed by atoms with van der Waals surface area (Å²) >= 11 is 0. The molecule has 4 rings (SSSR count). The summed E-state index contributed by atoms with van der Waals surface area (Å²) in [6, 6.07) is 16.2. The van der Waals surface area contributed by atoms with Crippen LogP contribution >= 0.6 is 0 Å². The first kappa shape index (κ1) is 24.7. The number of amides is 2. The third kappa shape index (κ3) is 4.89. The lowest BCUT2D eigenvalue weighted by atomic mass is 9.85. The summed E-state index contributed by atoms with van der Waals surface area (Å²) in [5.74, 6) is -1.49. The minimum absolute atomic E-state index is 0.0351. The molecule has 8 nitrogen and oxygen atoms in total. The quantitative estimate of drug-likeness (QED) is 0.531. The van der Waals surface area contributed by atoms with E-state index < -0.39 is 28.9 Å². The standard InChI is InChI=1S/C27H32N2O6/c1-3-26(2,24(31)32)17-28-23(30)27(12-14-34-15-13-27)29-25(33)35-16-22-20-10-6-4-8-18(20)19-9-5-7-11-21(19)22/h4-11,22H,3,12-17H2,1-2H3,(H,28,30)(H,29,33)(H,31,32). The molecule has 0 aromatic heterocycles. The topological polar surface area (TPSA) is 114 Å². The molecule has 2 aromatic rings. The van der Waals surface area contributed by atoms with Crippen LogP contribution in [0.3, 0.4) is 0 Å². The van der Waals surface area contributed by atoms with Crippen molar-refractivity contribution in [2.45, 2.75) is 44.6 Å². The maximum Gasteiger partial charge on any atom is 0.408 e. The fourth-order valence-electron chi connectivity index (χ4n) is 4.75. The predicted octanol–water partition coefficient (Wildman–Crippen LogP) is 3.69. The number of fused-ring (bicyclic) bond motifs is 3. The summed E-state index contributed by atoms with van der Waals surface area (Å²) in [5, 5.41) is 15.1. The fraction of sp³-hybridized carbons (Fsp3) is 0.444. The van der Waals surface area contributed by atoms with Crippen molar-refractivity contribution in [3.8, 4) is 11.1 Å². The molecule has 0 saturated carbocycles. The lowest BCUT2D eigenvalue weighted by Crippen LogP contribution is -2.62. The molecule has 1 fully saturated rings. The van der Waals surface area contributed by atoms with Crippen molar-refractivity contribution in [2.24, 2.45) is 5.41 Å². The van der Waals surface area contributed by atoms with Gasteiger partial charge in [0.25, 0.3) is 0 Å². The molecular weight excluding hydrogens is 448 g/mol. The summed E-state index contributed by atoms with van der Waals surface area (Å²) < 4.78 is 11.1. The first-order chi connectivity index (χ1) is 16.8. The molecule has 0 spiro atoms. The average molecular weight is 481 g/mol. The maximum atomic E-state index is 13.2. The molecule has 35 heavy (non-hydrogen) atoms. The molecule has 1 saturated heterocycles. The number of nitrogens with one attached hydrogen (secondary N) is 2. The number of ether oxygens (including phenoxy) is 2. The molecule has 8 heteroatoms. The second-order valence-corrected chi connectivity index (χ2v) is 9.55. The largest absolute Gasteiger partial charge is 0.481 e. The van der Waals surface area contributed by atoms with Crippen molar-refractivity contribution < 1.29 is 29.0 Å². The van der Waals surface area contributed by atoms with Crippen LogP contribution < -0.4 is 10.6 Å². The van der Waals surface area contributed by atoms with Gasteiger partial charge in [-0.2, -0.15) is 0 Å². The zero-order valence-electron chi connectivity index (χ0n) is 20.1. The average Bonchev–Trinajstić information content (AvgIpc) is 3.20. The molecule has 0 radical (unpaired) electrons. The summed E-state index contributed by atoms with van der Waals surface area (Å²) in [6.45, 7) is 4.07. The highest BCUT2D eigenvalue weighted by Gasteiger charge is 2.43. The van der Waals surface area contributed by atoms with Crippen LogP contribution in [0.2, 0.25) is 0 Å². The molecule has 1 aliphatic heterocycles. The van der Waals surface area contributed by atoms with Gasteiger partial charge in [-0.05, 0) is 35.6 Å². The molecule has 2 aromatic carbocycles. The van der Waals surface area contributed by atoms with E-state index in [0.29, 0.717) is 19.6 Å². The van der Waals surface area contributed by atoms with Crippen LogP contribution in [0.15, 0.2) is 48.5 Å². The number of carboxylic acids is 1. The lowest BCUT2D eigenvalue weighted by molar-refractivity contribution is -0.148. The number of carbonyl (C=O) groups excluding carboxylic acids is 2. The minimum Gasteiger partial charge on any atom is -0.481 e. The van der Waals surface area contributed by atoms with E-state index in [1.165, 1.54) is 0 Å². The van der Waals surface area contributed by atoms with Crippen molar-refractivity contribution in [3.05, 3.63) is 59.7 Å². The number of hydrogen-bond donors (Lipinski definition) is 3. The molecule has 2 amide bonds. The third-order valence-corrected chi connectivity index (χ3v) is 7.40. The van der Waals surface area contributed by atoms with Crippen LogP contribution in [0, 0.1) is 5.41 Å². The van der Waals surface area contributed by atoms with Gasteiger partial charge in [0.2, 0.25) is 5.91 Å². The molecule has 1 unspecified atom stereocenters. The number of alkyl carbamates (subject to hydrolysis) is 1. The van der Waals surface area contributed by atoms with E-state index in [-0.39, 0.29) is 31.9 Å². The van der Waals surface area contributed by atoms with E-state index in [9.17, 15) is 19.5 Å². The number of aliphatic carboxylic acids is 1. The van der Waals surface area contributed by atoms with Crippen LogP contribution in [0.1, 0.15) is 50.2 Å². The second-order valence-electron chi connectivity index (χ2n) is 9.55. The van der Waals surface area contributed by atoms with Crippen molar-refractivity contribution in [3.63, 3.8) is 0 Å². The highest BCUT2D eigenvalue weighted by Crippen LogP contribution is 2.44. The van der Waals surface area contributed by atoms with Gasteiger partial charge in [-0.25, -0.2) is 4.79 Å². The Labute approximate surface area is 205 Å². The smallest absolute Gasteiger partial charge is 0.408 e. The van der Waals surface area contributed by atoms with Gasteiger partial charge in [0.05, 0.1) is 5.41 Å². The lowest BCUT2D eigenvalue weighted by Gasteiger charge is -2.37. The van der Waals surface area contributed by atoms with E-state index in [4.69, 9.17) is 9.47 Å². The van der Waals surface area contributed by atoms with Gasteiger partial charge in [0.15, 0.2) is 0 Å². The van der Waals surface area contributed by atoms with E-state index in [2.05, 4.69) is 22.8 Å². The predicted molar refractivity (Wildman–Crippen MR) is 130 cm³/mol. The summed E-state index contributed by atoms with van der Waals surface area (Å²) in [6.07, 6.45) is 0.233. The van der Waals surface area contributed by atoms with Gasteiger partial charge >= 0.3 is 12.1 Å². The highest BCUT2D eigenvalue weighted by molar-refractivity contribution is 5.90.